The Labute approximate surface area is 381 Å². The fourth-order valence-corrected chi connectivity index (χ4v) is 11.4. The maximum Gasteiger partial charge on any atom is 0.265 e. The van der Waals surface area contributed by atoms with E-state index in [9.17, 15) is 0 Å². The van der Waals surface area contributed by atoms with E-state index in [1.165, 1.54) is 125 Å². The number of unbranched alkanes of at least 4 members (excludes halogenated alkanes) is 20. The number of benzene rings is 4. The third kappa shape index (κ3) is 9.14. The fraction of sp³-hybridized carbons (Fsp3) is 0.552. The molecule has 4 heterocycles. The SMILES string of the molecule is CCCCCCCCc1c(CCCCCCCC)c2c3c(c(CCCCCCCC)c(CCCCCCCC)c4c3c1c(=O)n1c3ccccc3nc41)c(=O)n1c3ccccc3nc21. The standard InChI is InChI=1S/C58H76N4O2/c1-5-9-13-17-21-25-33-41-43(35-27-23-19-15-11-7-3)51-54-50(56-60-46-38-30-32-40-48(46)62(56)57(51)63)42(34-26-22-18-14-10-6-2)44(36-28-24-20-16-12-8-4)52-53(54)49(41)55-59-45-37-29-31-39-47(45)61(55)58(52)64/h29-32,37-40H,5-28,33-36H2,1-4H3. The van der Waals surface area contributed by atoms with Crippen molar-refractivity contribution in [2.75, 3.05) is 0 Å². The molecule has 0 fully saturated rings. The number of hydrogen-bond donors (Lipinski definition) is 0. The van der Waals surface area contributed by atoms with Crippen LogP contribution in [0.4, 0.5) is 0 Å². The van der Waals surface area contributed by atoms with E-state index in [-0.39, 0.29) is 11.1 Å². The molecule has 0 aliphatic carbocycles. The van der Waals surface area contributed by atoms with Gasteiger partial charge in [-0.2, -0.15) is 0 Å². The van der Waals surface area contributed by atoms with E-state index in [1.807, 2.05) is 33.1 Å². The first kappa shape index (κ1) is 46.0. The lowest BCUT2D eigenvalue weighted by Crippen LogP contribution is -2.22. The van der Waals surface area contributed by atoms with E-state index < -0.39 is 0 Å². The highest BCUT2D eigenvalue weighted by molar-refractivity contribution is 6.31. The van der Waals surface area contributed by atoms with Gasteiger partial charge in [-0.15, -0.1) is 0 Å². The van der Waals surface area contributed by atoms with E-state index in [0.717, 1.165) is 143 Å². The molecule has 64 heavy (non-hydrogen) atoms. The van der Waals surface area contributed by atoms with Crippen molar-refractivity contribution in [1.29, 1.82) is 0 Å². The molecule has 0 unspecified atom stereocenters. The van der Waals surface area contributed by atoms with Crippen LogP contribution in [0.25, 0.3) is 65.7 Å². The lowest BCUT2D eigenvalue weighted by Gasteiger charge is -2.25. The molecule has 8 aromatic rings. The number of fused-ring (bicyclic) bond motifs is 8. The van der Waals surface area contributed by atoms with E-state index in [2.05, 4.69) is 52.0 Å². The Kier molecular flexibility index (Phi) is 15.9. The quantitative estimate of drug-likeness (QED) is 0.0363. The summed E-state index contributed by atoms with van der Waals surface area (Å²) >= 11 is 0. The summed E-state index contributed by atoms with van der Waals surface area (Å²) < 4.78 is 3.96. The van der Waals surface area contributed by atoms with Crippen LogP contribution in [-0.2, 0) is 25.7 Å². The minimum Gasteiger partial charge on any atom is -0.268 e. The van der Waals surface area contributed by atoms with Gasteiger partial charge in [-0.3, -0.25) is 18.4 Å². The van der Waals surface area contributed by atoms with Crippen molar-refractivity contribution in [2.24, 2.45) is 0 Å². The van der Waals surface area contributed by atoms with Crippen molar-refractivity contribution in [1.82, 2.24) is 18.8 Å². The van der Waals surface area contributed by atoms with Crippen molar-refractivity contribution >= 4 is 65.7 Å². The Balaban J connectivity index is 1.50. The molecule has 6 nitrogen and oxygen atoms in total. The van der Waals surface area contributed by atoms with Crippen LogP contribution in [0.15, 0.2) is 58.1 Å². The van der Waals surface area contributed by atoms with Gasteiger partial charge in [-0.1, -0.05) is 180 Å². The molecule has 4 aromatic heterocycles. The smallest absolute Gasteiger partial charge is 0.265 e. The molecular formula is C58H76N4O2. The minimum atomic E-state index is 0.0274. The Bertz CT molecular complexity index is 2710. The summed E-state index contributed by atoms with van der Waals surface area (Å²) in [6, 6.07) is 16.5. The lowest BCUT2D eigenvalue weighted by atomic mass is 9.80. The molecule has 0 aliphatic rings. The fourth-order valence-electron chi connectivity index (χ4n) is 11.4. The van der Waals surface area contributed by atoms with Crippen molar-refractivity contribution in [3.8, 4) is 0 Å². The van der Waals surface area contributed by atoms with Crippen LogP contribution < -0.4 is 11.1 Å². The first-order valence-electron chi connectivity index (χ1n) is 26.3. The zero-order valence-electron chi connectivity index (χ0n) is 40.0. The van der Waals surface area contributed by atoms with Crippen molar-refractivity contribution in [3.05, 3.63) is 91.5 Å². The van der Waals surface area contributed by atoms with Crippen LogP contribution in [0, 0.1) is 0 Å². The molecule has 0 radical (unpaired) electrons. The van der Waals surface area contributed by atoms with Gasteiger partial charge in [0.1, 0.15) is 11.3 Å². The van der Waals surface area contributed by atoms with Crippen molar-refractivity contribution < 1.29 is 0 Å². The molecule has 0 amide bonds. The van der Waals surface area contributed by atoms with Gasteiger partial charge in [0.2, 0.25) is 0 Å². The van der Waals surface area contributed by atoms with E-state index in [0.29, 0.717) is 0 Å². The van der Waals surface area contributed by atoms with Crippen LogP contribution in [0.2, 0.25) is 0 Å². The highest BCUT2D eigenvalue weighted by Gasteiger charge is 2.31. The summed E-state index contributed by atoms with van der Waals surface area (Å²) in [6.07, 6.45) is 32.1. The predicted octanol–water partition coefficient (Wildman–Crippen LogP) is 16.0. The van der Waals surface area contributed by atoms with Gasteiger partial charge in [0.25, 0.3) is 11.1 Å². The molecule has 0 N–H and O–H groups in total. The first-order valence-corrected chi connectivity index (χ1v) is 26.3. The van der Waals surface area contributed by atoms with Crippen LogP contribution >= 0.6 is 0 Å². The Morgan fingerprint density at radius 2 is 0.625 bits per heavy atom. The Morgan fingerprint density at radius 3 is 0.953 bits per heavy atom. The van der Waals surface area contributed by atoms with E-state index in [4.69, 9.17) is 9.97 Å². The van der Waals surface area contributed by atoms with Gasteiger partial charge >= 0.3 is 0 Å². The second-order valence-corrected chi connectivity index (χ2v) is 19.4. The molecule has 0 saturated heterocycles. The number of nitrogens with zero attached hydrogens (tertiary/aromatic N) is 4. The van der Waals surface area contributed by atoms with Crippen LogP contribution in [0.1, 0.15) is 204 Å². The maximum atomic E-state index is 15.8. The average Bonchev–Trinajstić information content (AvgIpc) is 3.90. The number of aromatic nitrogens is 4. The van der Waals surface area contributed by atoms with Crippen molar-refractivity contribution in [2.45, 2.75) is 207 Å². The molecule has 0 bridgehead atoms. The summed E-state index contributed by atoms with van der Waals surface area (Å²) in [7, 11) is 0. The average molecular weight is 861 g/mol. The summed E-state index contributed by atoms with van der Waals surface area (Å²) in [6.45, 7) is 9.13. The van der Waals surface area contributed by atoms with Gasteiger partial charge in [-0.25, -0.2) is 9.97 Å². The molecule has 340 valence electrons. The maximum absolute atomic E-state index is 15.8. The largest absolute Gasteiger partial charge is 0.268 e. The minimum absolute atomic E-state index is 0.0274. The zero-order valence-corrected chi connectivity index (χ0v) is 40.0. The molecular weight excluding hydrogens is 785 g/mol. The monoisotopic (exact) mass is 861 g/mol. The molecule has 6 heteroatoms. The molecule has 8 rings (SSSR count). The Hall–Kier alpha value is -4.58. The third-order valence-electron chi connectivity index (χ3n) is 14.7. The predicted molar refractivity (Wildman–Crippen MR) is 275 cm³/mol. The van der Waals surface area contributed by atoms with Crippen LogP contribution in [0.5, 0.6) is 0 Å². The number of imidazole rings is 2. The van der Waals surface area contributed by atoms with Gasteiger partial charge in [0.15, 0.2) is 0 Å². The van der Waals surface area contributed by atoms with Gasteiger partial charge in [0.05, 0.1) is 32.8 Å². The van der Waals surface area contributed by atoms with Crippen molar-refractivity contribution in [3.63, 3.8) is 0 Å². The normalized spacial score (nSPS) is 12.4. The summed E-state index contributed by atoms with van der Waals surface area (Å²) in [5.41, 5.74) is 9.99. The highest BCUT2D eigenvalue weighted by atomic mass is 16.1. The summed E-state index contributed by atoms with van der Waals surface area (Å²) in [5, 5.41) is 5.90. The molecule has 4 aromatic carbocycles. The molecule has 0 aliphatic heterocycles. The number of hydrogen-bond acceptors (Lipinski definition) is 4. The lowest BCUT2D eigenvalue weighted by molar-refractivity contribution is 0.600. The molecule has 0 atom stereocenters. The number of rotatable bonds is 28. The zero-order chi connectivity index (χ0) is 44.4. The molecule has 0 spiro atoms. The number of aryl methyl sites for hydroxylation is 4. The molecule has 0 saturated carbocycles. The van der Waals surface area contributed by atoms with Gasteiger partial charge in [-0.05, 0) is 97.9 Å². The highest BCUT2D eigenvalue weighted by Crippen LogP contribution is 2.46. The third-order valence-corrected chi connectivity index (χ3v) is 14.7. The van der Waals surface area contributed by atoms with E-state index >= 15 is 9.59 Å². The Morgan fingerprint density at radius 1 is 0.344 bits per heavy atom. The second kappa shape index (κ2) is 22.1. The number of pyridine rings is 2. The summed E-state index contributed by atoms with van der Waals surface area (Å²) in [4.78, 5) is 42.5. The topological polar surface area (TPSA) is 68.7 Å². The second-order valence-electron chi connectivity index (χ2n) is 19.4. The first-order chi connectivity index (χ1) is 31.5. The van der Waals surface area contributed by atoms with E-state index in [1.54, 1.807) is 0 Å². The van der Waals surface area contributed by atoms with Crippen LogP contribution in [0.3, 0.4) is 0 Å². The van der Waals surface area contributed by atoms with Gasteiger partial charge in [0, 0.05) is 21.5 Å². The van der Waals surface area contributed by atoms with Crippen LogP contribution in [-0.4, -0.2) is 18.8 Å². The van der Waals surface area contributed by atoms with Gasteiger partial charge < -0.3 is 0 Å². The summed E-state index contributed by atoms with van der Waals surface area (Å²) in [5.74, 6) is 0. The number of para-hydroxylation sites is 4.